The van der Waals surface area contributed by atoms with Gasteiger partial charge in [0.05, 0.1) is 17.7 Å². The van der Waals surface area contributed by atoms with Crippen molar-refractivity contribution in [1.29, 1.82) is 0 Å². The number of nitrogens with one attached hydrogen (secondary N) is 1. The third-order valence-corrected chi connectivity index (χ3v) is 7.76. The van der Waals surface area contributed by atoms with E-state index in [0.29, 0.717) is 49.5 Å². The number of carbonyl (C=O) groups is 2. The normalized spacial score (nSPS) is 17.0. The number of benzene rings is 2. The first-order valence-electron chi connectivity index (χ1n) is 10.8. The Hall–Kier alpha value is -2.91. The molecule has 2 amide bonds. The van der Waals surface area contributed by atoms with Gasteiger partial charge >= 0.3 is 0 Å². The van der Waals surface area contributed by atoms with Crippen LogP contribution in [0.15, 0.2) is 47.4 Å². The molecule has 1 N–H and O–H groups in total. The van der Waals surface area contributed by atoms with Crippen LogP contribution in [0.2, 0.25) is 0 Å². The zero-order valence-electron chi connectivity index (χ0n) is 18.0. The molecule has 1 fully saturated rings. The van der Waals surface area contributed by atoms with Gasteiger partial charge in [-0.15, -0.1) is 0 Å². The van der Waals surface area contributed by atoms with Gasteiger partial charge in [0, 0.05) is 25.2 Å². The molecule has 32 heavy (non-hydrogen) atoms. The first kappa shape index (κ1) is 22.3. The van der Waals surface area contributed by atoms with E-state index in [1.165, 1.54) is 22.4 Å². The minimum Gasteiger partial charge on any atom is -0.495 e. The Morgan fingerprint density at radius 3 is 2.56 bits per heavy atom. The highest BCUT2D eigenvalue weighted by Gasteiger charge is 2.30. The van der Waals surface area contributed by atoms with Crippen molar-refractivity contribution in [3.8, 4) is 5.75 Å². The maximum atomic E-state index is 13.0. The molecule has 0 radical (unpaired) electrons. The molecule has 9 heteroatoms. The quantitative estimate of drug-likeness (QED) is 0.720. The molecule has 4 rings (SSSR count). The first-order valence-corrected chi connectivity index (χ1v) is 12.2. The maximum absolute atomic E-state index is 13.0. The van der Waals surface area contributed by atoms with E-state index in [0.717, 1.165) is 18.4 Å². The van der Waals surface area contributed by atoms with E-state index in [1.54, 1.807) is 36.4 Å². The highest BCUT2D eigenvalue weighted by atomic mass is 32.2. The first-order chi connectivity index (χ1) is 15.4. The summed E-state index contributed by atoms with van der Waals surface area (Å²) in [5, 5.41) is 2.79. The molecular weight excluding hydrogens is 430 g/mol. The molecule has 2 heterocycles. The molecule has 170 valence electrons. The number of carbonyl (C=O) groups excluding carboxylic acids is 2. The number of sulfonamides is 1. The van der Waals surface area contributed by atoms with Crippen LogP contribution in [0, 0.1) is 0 Å². The second-order valence-electron chi connectivity index (χ2n) is 7.98. The summed E-state index contributed by atoms with van der Waals surface area (Å²) < 4.78 is 32.7. The average Bonchev–Trinajstić information content (AvgIpc) is 3.29. The van der Waals surface area contributed by atoms with E-state index in [1.807, 2.05) is 0 Å². The van der Waals surface area contributed by atoms with Crippen LogP contribution in [-0.2, 0) is 26.0 Å². The number of methoxy groups -OCH3 is 1. The second-order valence-corrected chi connectivity index (χ2v) is 9.92. The number of nitrogens with zero attached hydrogens (tertiary/aromatic N) is 2. The Kier molecular flexibility index (Phi) is 6.48. The number of hydrogen-bond acceptors (Lipinski definition) is 5. The summed E-state index contributed by atoms with van der Waals surface area (Å²) in [5.74, 6) is 0.0127. The van der Waals surface area contributed by atoms with E-state index in [9.17, 15) is 18.0 Å². The fourth-order valence-electron chi connectivity index (χ4n) is 4.22. The molecular formula is C23H27N3O5S. The van der Waals surface area contributed by atoms with E-state index < -0.39 is 10.0 Å². The Labute approximate surface area is 188 Å². The Balaban J connectivity index is 1.58. The van der Waals surface area contributed by atoms with E-state index in [2.05, 4.69) is 5.32 Å². The lowest BCUT2D eigenvalue weighted by Gasteiger charge is -2.24. The van der Waals surface area contributed by atoms with Crippen molar-refractivity contribution < 1.29 is 22.7 Å². The second kappa shape index (κ2) is 9.30. The predicted octanol–water partition coefficient (Wildman–Crippen LogP) is 2.79. The molecule has 2 aliphatic rings. The Morgan fingerprint density at radius 2 is 1.81 bits per heavy atom. The van der Waals surface area contributed by atoms with Gasteiger partial charge in [-0.1, -0.05) is 12.1 Å². The van der Waals surface area contributed by atoms with Crippen molar-refractivity contribution in [1.82, 2.24) is 4.31 Å². The predicted molar refractivity (Wildman–Crippen MR) is 121 cm³/mol. The molecule has 0 bridgehead atoms. The van der Waals surface area contributed by atoms with Crippen LogP contribution in [0.25, 0.3) is 0 Å². The Bertz CT molecular complexity index is 1130. The summed E-state index contributed by atoms with van der Waals surface area (Å²) in [5.41, 5.74) is 1.87. The van der Waals surface area contributed by atoms with Crippen LogP contribution in [-0.4, -0.2) is 51.3 Å². The molecule has 0 unspecified atom stereocenters. The van der Waals surface area contributed by atoms with Crippen molar-refractivity contribution in [2.24, 2.45) is 0 Å². The SMILES string of the molecule is COc1ccccc1NC(=O)CN1C(=O)CCCc2cc(S(=O)(=O)N3CCCC3)ccc21. The van der Waals surface area contributed by atoms with Gasteiger partial charge in [-0.05, 0) is 61.6 Å². The number of rotatable bonds is 6. The minimum atomic E-state index is -3.55. The zero-order chi connectivity index (χ0) is 22.7. The van der Waals surface area contributed by atoms with Gasteiger partial charge in [0.25, 0.3) is 0 Å². The standard InChI is InChI=1S/C23H27N3O5S/c1-31-21-9-3-2-8-19(21)24-22(27)16-26-20-12-11-18(15-17(20)7-6-10-23(26)28)32(29,30)25-13-4-5-14-25/h2-3,8-9,11-12,15H,4-7,10,13-14,16H2,1H3,(H,24,27). The lowest BCUT2D eigenvalue weighted by atomic mass is 10.1. The maximum Gasteiger partial charge on any atom is 0.244 e. The summed E-state index contributed by atoms with van der Waals surface area (Å²) in [6, 6.07) is 11.9. The highest BCUT2D eigenvalue weighted by Crippen LogP contribution is 2.31. The monoisotopic (exact) mass is 457 g/mol. The van der Waals surface area contributed by atoms with Gasteiger partial charge in [0.2, 0.25) is 21.8 Å². The lowest BCUT2D eigenvalue weighted by molar-refractivity contribution is -0.121. The average molecular weight is 458 g/mol. The number of fused-ring (bicyclic) bond motifs is 1. The van der Waals surface area contributed by atoms with Crippen molar-refractivity contribution >= 4 is 33.2 Å². The largest absolute Gasteiger partial charge is 0.495 e. The summed E-state index contributed by atoms with van der Waals surface area (Å²) in [6.45, 7) is 0.905. The minimum absolute atomic E-state index is 0.158. The van der Waals surface area contributed by atoms with Gasteiger partial charge in [-0.25, -0.2) is 8.42 Å². The van der Waals surface area contributed by atoms with Gasteiger partial charge in [-0.3, -0.25) is 9.59 Å². The summed E-state index contributed by atoms with van der Waals surface area (Å²) >= 11 is 0. The molecule has 2 aliphatic heterocycles. The molecule has 2 aromatic carbocycles. The van der Waals surface area contributed by atoms with Crippen LogP contribution in [0.1, 0.15) is 31.2 Å². The highest BCUT2D eigenvalue weighted by molar-refractivity contribution is 7.89. The van der Waals surface area contributed by atoms with E-state index in [4.69, 9.17) is 4.74 Å². The van der Waals surface area contributed by atoms with Crippen LogP contribution in [0.3, 0.4) is 0 Å². The number of amides is 2. The molecule has 1 saturated heterocycles. The van der Waals surface area contributed by atoms with Gasteiger partial charge in [-0.2, -0.15) is 4.31 Å². The van der Waals surface area contributed by atoms with Crippen molar-refractivity contribution in [2.75, 3.05) is 37.0 Å². The fourth-order valence-corrected chi connectivity index (χ4v) is 5.79. The molecule has 0 aliphatic carbocycles. The zero-order valence-corrected chi connectivity index (χ0v) is 18.9. The molecule has 0 spiro atoms. The number of anilines is 2. The topological polar surface area (TPSA) is 96.0 Å². The third kappa shape index (κ3) is 4.49. The lowest BCUT2D eigenvalue weighted by Crippen LogP contribution is -2.38. The molecule has 0 aromatic heterocycles. The van der Waals surface area contributed by atoms with Crippen LogP contribution in [0.5, 0.6) is 5.75 Å². The third-order valence-electron chi connectivity index (χ3n) is 5.87. The van der Waals surface area contributed by atoms with Crippen molar-refractivity contribution in [3.05, 3.63) is 48.0 Å². The van der Waals surface area contributed by atoms with Crippen LogP contribution >= 0.6 is 0 Å². The van der Waals surface area contributed by atoms with Crippen molar-refractivity contribution in [3.63, 3.8) is 0 Å². The molecule has 0 atom stereocenters. The Morgan fingerprint density at radius 1 is 1.06 bits per heavy atom. The molecule has 2 aromatic rings. The number of ether oxygens (including phenoxy) is 1. The summed E-state index contributed by atoms with van der Waals surface area (Å²) in [4.78, 5) is 27.2. The smallest absolute Gasteiger partial charge is 0.244 e. The fraction of sp³-hybridized carbons (Fsp3) is 0.391. The van der Waals surface area contributed by atoms with Crippen molar-refractivity contribution in [2.45, 2.75) is 37.0 Å². The molecule has 0 saturated carbocycles. The summed E-state index contributed by atoms with van der Waals surface area (Å²) in [6.07, 6.45) is 3.21. The van der Waals surface area contributed by atoms with Gasteiger partial charge in [0.15, 0.2) is 0 Å². The van der Waals surface area contributed by atoms with E-state index in [-0.39, 0.29) is 23.3 Å². The summed E-state index contributed by atoms with van der Waals surface area (Å²) in [7, 11) is -2.03. The number of aryl methyl sites for hydroxylation is 1. The van der Waals surface area contributed by atoms with Crippen LogP contribution < -0.4 is 15.0 Å². The van der Waals surface area contributed by atoms with Gasteiger partial charge in [0.1, 0.15) is 12.3 Å². The number of hydrogen-bond donors (Lipinski definition) is 1. The van der Waals surface area contributed by atoms with Gasteiger partial charge < -0.3 is 15.0 Å². The van der Waals surface area contributed by atoms with Crippen LogP contribution in [0.4, 0.5) is 11.4 Å². The number of para-hydroxylation sites is 2. The molecule has 8 nitrogen and oxygen atoms in total. The van der Waals surface area contributed by atoms with E-state index >= 15 is 0 Å².